The fraction of sp³-hybridized carbons (Fsp3) is 0.588. The molecule has 194 valence electrons. The van der Waals surface area contributed by atoms with Crippen LogP contribution >= 0.6 is 0 Å². The molecular formula is C34H47NO. The van der Waals surface area contributed by atoms with E-state index in [1.807, 2.05) is 6.07 Å². The van der Waals surface area contributed by atoms with Gasteiger partial charge in [-0.2, -0.15) is 5.26 Å². The third-order valence-corrected chi connectivity index (χ3v) is 8.34. The van der Waals surface area contributed by atoms with Gasteiger partial charge in [-0.15, -0.1) is 0 Å². The summed E-state index contributed by atoms with van der Waals surface area (Å²) in [4.78, 5) is 13.1. The van der Waals surface area contributed by atoms with Crippen LogP contribution in [-0.4, -0.2) is 5.78 Å². The number of unbranched alkanes of at least 4 members (excludes halogenated alkanes) is 8. The molecule has 0 amide bonds. The first kappa shape index (κ1) is 28.2. The lowest BCUT2D eigenvalue weighted by Crippen LogP contribution is -2.25. The molecule has 0 radical (unpaired) electrons. The summed E-state index contributed by atoms with van der Waals surface area (Å²) >= 11 is 0. The molecule has 2 aromatic carbocycles. The highest BCUT2D eigenvalue weighted by Gasteiger charge is 2.36. The summed E-state index contributed by atoms with van der Waals surface area (Å²) in [6, 6.07) is 19.7. The van der Waals surface area contributed by atoms with Crippen molar-refractivity contribution in [3.63, 3.8) is 0 Å². The largest absolute Gasteiger partial charge is 0.294 e. The number of Topliss-reactive ketones (excluding diaryl/α,β-unsaturated/α-hetero) is 1. The van der Waals surface area contributed by atoms with E-state index in [1.54, 1.807) is 0 Å². The number of hydrogen-bond donors (Lipinski definition) is 0. The lowest BCUT2D eigenvalue weighted by molar-refractivity contribution is 0.0979. The summed E-state index contributed by atoms with van der Waals surface area (Å²) in [6.45, 7) is 4.47. The molecule has 2 nitrogen and oxygen atoms in total. The Morgan fingerprint density at radius 3 is 2.14 bits per heavy atom. The van der Waals surface area contributed by atoms with E-state index in [9.17, 15) is 10.1 Å². The summed E-state index contributed by atoms with van der Waals surface area (Å²) in [5.41, 5.74) is 4.51. The Kier molecular flexibility index (Phi) is 11.7. The minimum atomic E-state index is -0.151. The second-order valence-electron chi connectivity index (χ2n) is 11.1. The van der Waals surface area contributed by atoms with Crippen LogP contribution in [0.2, 0.25) is 0 Å². The zero-order valence-corrected chi connectivity index (χ0v) is 22.9. The zero-order chi connectivity index (χ0) is 25.6. The van der Waals surface area contributed by atoms with Gasteiger partial charge in [0.1, 0.15) is 0 Å². The van der Waals surface area contributed by atoms with E-state index in [0.717, 1.165) is 50.5 Å². The molecule has 0 atom stereocenters. The van der Waals surface area contributed by atoms with Gasteiger partial charge in [0.2, 0.25) is 0 Å². The summed E-state index contributed by atoms with van der Waals surface area (Å²) in [5, 5.41) is 10.1. The second kappa shape index (κ2) is 15.0. The Bertz CT molecular complexity index is 962. The van der Waals surface area contributed by atoms with Crippen LogP contribution in [0.3, 0.4) is 0 Å². The van der Waals surface area contributed by atoms with E-state index in [4.69, 9.17) is 0 Å². The number of ketones is 1. The van der Waals surface area contributed by atoms with E-state index < -0.39 is 0 Å². The van der Waals surface area contributed by atoms with E-state index in [-0.39, 0.29) is 11.2 Å². The molecule has 1 aliphatic rings. The Hall–Kier alpha value is -2.40. The molecule has 0 bridgehead atoms. The monoisotopic (exact) mass is 485 g/mol. The molecule has 0 saturated heterocycles. The van der Waals surface area contributed by atoms with Gasteiger partial charge >= 0.3 is 0 Å². The average molecular weight is 486 g/mol. The minimum Gasteiger partial charge on any atom is -0.294 e. The first-order valence-electron chi connectivity index (χ1n) is 14.8. The van der Waals surface area contributed by atoms with Crippen LogP contribution in [0.25, 0.3) is 11.1 Å². The molecule has 0 aliphatic heterocycles. The Morgan fingerprint density at radius 2 is 1.50 bits per heavy atom. The number of carbonyl (C=O) groups excluding carboxylic acids is 1. The van der Waals surface area contributed by atoms with Gasteiger partial charge in [0.25, 0.3) is 0 Å². The van der Waals surface area contributed by atoms with Crippen molar-refractivity contribution in [3.05, 3.63) is 59.7 Å². The molecule has 2 heteroatoms. The van der Waals surface area contributed by atoms with Crippen molar-refractivity contribution < 1.29 is 4.79 Å². The molecular weight excluding hydrogens is 438 g/mol. The van der Waals surface area contributed by atoms with Crippen molar-refractivity contribution in [1.29, 1.82) is 5.26 Å². The molecule has 36 heavy (non-hydrogen) atoms. The van der Waals surface area contributed by atoms with Crippen LogP contribution in [0.5, 0.6) is 0 Å². The van der Waals surface area contributed by atoms with Gasteiger partial charge in [0.15, 0.2) is 5.78 Å². The third-order valence-electron chi connectivity index (χ3n) is 8.34. The van der Waals surface area contributed by atoms with Gasteiger partial charge in [0.05, 0.1) is 11.5 Å². The van der Waals surface area contributed by atoms with Crippen LogP contribution < -0.4 is 0 Å². The molecule has 0 unspecified atom stereocenters. The van der Waals surface area contributed by atoms with Crippen LogP contribution in [0.15, 0.2) is 48.5 Å². The van der Waals surface area contributed by atoms with Crippen LogP contribution in [0.1, 0.15) is 138 Å². The summed E-state index contributed by atoms with van der Waals surface area (Å²) in [6.07, 6.45) is 17.8. The number of benzene rings is 2. The fourth-order valence-electron chi connectivity index (χ4n) is 5.95. The SMILES string of the molecule is CCCCCCCC(=O)c1ccc(-c2ccccc2)c(C2CCC(C#N)(CCCCCCC)CC2)c1. The third kappa shape index (κ3) is 8.06. The number of rotatable bonds is 15. The van der Waals surface area contributed by atoms with E-state index >= 15 is 0 Å². The van der Waals surface area contributed by atoms with Crippen LogP contribution in [0, 0.1) is 16.7 Å². The molecule has 0 aromatic heterocycles. The predicted molar refractivity (Wildman–Crippen MR) is 152 cm³/mol. The van der Waals surface area contributed by atoms with Crippen LogP contribution in [-0.2, 0) is 0 Å². The average Bonchev–Trinajstić information content (AvgIpc) is 2.93. The maximum absolute atomic E-state index is 13.1. The smallest absolute Gasteiger partial charge is 0.162 e. The van der Waals surface area contributed by atoms with Gasteiger partial charge in [0, 0.05) is 12.0 Å². The highest BCUT2D eigenvalue weighted by molar-refractivity contribution is 5.97. The second-order valence-corrected chi connectivity index (χ2v) is 11.1. The molecule has 0 N–H and O–H groups in total. The van der Waals surface area contributed by atoms with Gasteiger partial charge in [-0.1, -0.05) is 114 Å². The van der Waals surface area contributed by atoms with Crippen molar-refractivity contribution >= 4 is 5.78 Å². The predicted octanol–water partition coefficient (Wildman–Crippen LogP) is 10.4. The first-order chi connectivity index (χ1) is 17.6. The van der Waals surface area contributed by atoms with Gasteiger partial charge in [-0.25, -0.2) is 0 Å². The van der Waals surface area contributed by atoms with Gasteiger partial charge in [-0.05, 0) is 67.2 Å². The number of carbonyl (C=O) groups is 1. The highest BCUT2D eigenvalue weighted by atomic mass is 16.1. The number of nitrogens with zero attached hydrogens (tertiary/aromatic N) is 1. The van der Waals surface area contributed by atoms with Crippen molar-refractivity contribution in [2.24, 2.45) is 5.41 Å². The fourth-order valence-corrected chi connectivity index (χ4v) is 5.95. The van der Waals surface area contributed by atoms with E-state index in [0.29, 0.717) is 12.3 Å². The van der Waals surface area contributed by atoms with Gasteiger partial charge < -0.3 is 0 Å². The lowest BCUT2D eigenvalue weighted by atomic mass is 9.66. The van der Waals surface area contributed by atoms with Crippen molar-refractivity contribution in [2.45, 2.75) is 122 Å². The maximum atomic E-state index is 13.1. The van der Waals surface area contributed by atoms with Crippen molar-refractivity contribution in [1.82, 2.24) is 0 Å². The molecule has 2 aromatic rings. The molecule has 0 heterocycles. The maximum Gasteiger partial charge on any atom is 0.162 e. The number of hydrogen-bond acceptors (Lipinski definition) is 2. The Balaban J connectivity index is 1.73. The Morgan fingerprint density at radius 1 is 0.861 bits per heavy atom. The normalized spacial score (nSPS) is 19.6. The molecule has 0 spiro atoms. The minimum absolute atomic E-state index is 0.151. The molecule has 3 rings (SSSR count). The first-order valence-corrected chi connectivity index (χ1v) is 14.8. The Labute approximate surface area is 220 Å². The van der Waals surface area contributed by atoms with E-state index in [1.165, 1.54) is 68.1 Å². The summed E-state index contributed by atoms with van der Waals surface area (Å²) in [7, 11) is 0. The van der Waals surface area contributed by atoms with Crippen molar-refractivity contribution in [3.8, 4) is 17.2 Å². The van der Waals surface area contributed by atoms with Crippen LogP contribution in [0.4, 0.5) is 0 Å². The summed E-state index contributed by atoms with van der Waals surface area (Å²) in [5.74, 6) is 0.695. The van der Waals surface area contributed by atoms with Gasteiger partial charge in [-0.3, -0.25) is 4.79 Å². The number of nitriles is 1. The standard InChI is InChI=1S/C34H47NO/c1-3-5-7-9-14-18-33(36)30-19-20-31(28-16-12-11-13-17-28)32(26-30)29-21-24-34(27-35,25-22-29)23-15-10-8-6-4-2/h11-13,16-17,19-20,26,29H,3-10,14-15,18,21-25H2,1-2H3. The lowest BCUT2D eigenvalue weighted by Gasteiger charge is -2.36. The topological polar surface area (TPSA) is 40.9 Å². The van der Waals surface area contributed by atoms with Crippen molar-refractivity contribution in [2.75, 3.05) is 0 Å². The summed E-state index contributed by atoms with van der Waals surface area (Å²) < 4.78 is 0. The van der Waals surface area contributed by atoms with E-state index in [2.05, 4.69) is 62.4 Å². The quantitative estimate of drug-likeness (QED) is 0.186. The zero-order valence-electron chi connectivity index (χ0n) is 22.9. The molecule has 1 saturated carbocycles. The highest BCUT2D eigenvalue weighted by Crippen LogP contribution is 2.47. The molecule has 1 fully saturated rings. The molecule has 1 aliphatic carbocycles.